The molecule has 7 heteroatoms. The summed E-state index contributed by atoms with van der Waals surface area (Å²) in [4.78, 5) is 8.20. The molecule has 0 unspecified atom stereocenters. The van der Waals surface area contributed by atoms with E-state index in [2.05, 4.69) is 9.97 Å². The third-order valence-corrected chi connectivity index (χ3v) is 4.91. The van der Waals surface area contributed by atoms with Crippen LogP contribution in [0.25, 0.3) is 10.9 Å². The Morgan fingerprint density at radius 1 is 1.00 bits per heavy atom. The Kier molecular flexibility index (Phi) is 2.77. The summed E-state index contributed by atoms with van der Waals surface area (Å²) in [5.74, 6) is 0.931. The Bertz CT molecular complexity index is 986. The minimum atomic E-state index is -3.81. The molecule has 4 rings (SSSR count). The largest absolute Gasteiger partial charge is 0.454 e. The zero-order valence-corrected chi connectivity index (χ0v) is 12.1. The molecule has 3 aromatic rings. The molecule has 0 atom stereocenters. The Balaban J connectivity index is 1.85. The molecule has 110 valence electrons. The van der Waals surface area contributed by atoms with Crippen LogP contribution in [0.2, 0.25) is 0 Å². The van der Waals surface area contributed by atoms with E-state index >= 15 is 0 Å². The molecule has 22 heavy (non-hydrogen) atoms. The number of hydrogen-bond acceptors (Lipinski definition) is 6. The van der Waals surface area contributed by atoms with E-state index in [-0.39, 0.29) is 16.8 Å². The van der Waals surface area contributed by atoms with Crippen molar-refractivity contribution >= 4 is 20.7 Å². The predicted octanol–water partition coefficient (Wildman–Crippen LogP) is 2.19. The van der Waals surface area contributed by atoms with E-state index in [4.69, 9.17) is 9.47 Å². The molecule has 0 aliphatic carbocycles. The Morgan fingerprint density at radius 3 is 2.73 bits per heavy atom. The number of hydrogen-bond donors (Lipinski definition) is 0. The van der Waals surface area contributed by atoms with Gasteiger partial charge in [-0.3, -0.25) is 0 Å². The van der Waals surface area contributed by atoms with E-state index in [0.29, 0.717) is 17.0 Å². The van der Waals surface area contributed by atoms with Crippen LogP contribution in [0.1, 0.15) is 0 Å². The van der Waals surface area contributed by atoms with Gasteiger partial charge < -0.3 is 9.47 Å². The summed E-state index contributed by atoms with van der Waals surface area (Å²) in [6.07, 6.45) is 1.50. The lowest BCUT2D eigenvalue weighted by Gasteiger charge is -2.05. The smallest absolute Gasteiger partial charge is 0.252 e. The van der Waals surface area contributed by atoms with Crippen molar-refractivity contribution in [2.45, 2.75) is 10.1 Å². The highest BCUT2D eigenvalue weighted by atomic mass is 32.2. The summed E-state index contributed by atoms with van der Waals surface area (Å²) in [5, 5.41) is 0.553. The molecular formula is C15H10N2O4S. The van der Waals surface area contributed by atoms with Gasteiger partial charge in [-0.15, -0.1) is 0 Å². The molecule has 0 radical (unpaired) electrons. The van der Waals surface area contributed by atoms with Crippen molar-refractivity contribution in [3.63, 3.8) is 0 Å². The Labute approximate surface area is 126 Å². The highest BCUT2D eigenvalue weighted by Gasteiger charge is 2.24. The molecule has 1 aliphatic heterocycles. The second-order valence-electron chi connectivity index (χ2n) is 4.73. The lowest BCUT2D eigenvalue weighted by atomic mass is 10.2. The van der Waals surface area contributed by atoms with Crippen molar-refractivity contribution in [3.05, 3.63) is 48.7 Å². The van der Waals surface area contributed by atoms with Crippen molar-refractivity contribution in [2.75, 3.05) is 6.79 Å². The van der Waals surface area contributed by atoms with Gasteiger partial charge in [-0.2, -0.15) is 0 Å². The average Bonchev–Trinajstić information content (AvgIpc) is 3.02. The number of para-hydroxylation sites is 1. The topological polar surface area (TPSA) is 78.4 Å². The molecule has 1 aromatic heterocycles. The first-order chi connectivity index (χ1) is 10.6. The Morgan fingerprint density at radius 2 is 1.82 bits per heavy atom. The van der Waals surface area contributed by atoms with Gasteiger partial charge in [0, 0.05) is 17.6 Å². The maximum atomic E-state index is 12.7. The fourth-order valence-electron chi connectivity index (χ4n) is 2.23. The van der Waals surface area contributed by atoms with Crippen molar-refractivity contribution < 1.29 is 17.9 Å². The molecule has 2 aromatic carbocycles. The summed E-state index contributed by atoms with van der Waals surface area (Å²) < 4.78 is 35.7. The number of rotatable bonds is 2. The zero-order chi connectivity index (χ0) is 15.2. The third kappa shape index (κ3) is 1.98. The van der Waals surface area contributed by atoms with Gasteiger partial charge in [0.15, 0.2) is 11.5 Å². The normalized spacial score (nSPS) is 13.5. The van der Waals surface area contributed by atoms with Crippen LogP contribution >= 0.6 is 0 Å². The van der Waals surface area contributed by atoms with Crippen LogP contribution in [0, 0.1) is 0 Å². The molecule has 1 aliphatic rings. The molecule has 2 heterocycles. The van der Waals surface area contributed by atoms with Gasteiger partial charge in [-0.1, -0.05) is 18.2 Å². The number of ether oxygens (including phenoxy) is 2. The fraction of sp³-hybridized carbons (Fsp3) is 0.0667. The second-order valence-corrected chi connectivity index (χ2v) is 6.57. The minimum Gasteiger partial charge on any atom is -0.454 e. The van der Waals surface area contributed by atoms with E-state index in [1.54, 1.807) is 18.2 Å². The number of fused-ring (bicyclic) bond motifs is 2. The van der Waals surface area contributed by atoms with E-state index in [1.165, 1.54) is 18.3 Å². The highest BCUT2D eigenvalue weighted by molar-refractivity contribution is 7.91. The summed E-state index contributed by atoms with van der Waals surface area (Å²) in [7, 11) is -3.81. The van der Waals surface area contributed by atoms with Crippen molar-refractivity contribution in [1.82, 2.24) is 9.97 Å². The van der Waals surface area contributed by atoms with Crippen LogP contribution in [-0.4, -0.2) is 25.2 Å². The molecule has 0 N–H and O–H groups in total. The first kappa shape index (κ1) is 13.0. The van der Waals surface area contributed by atoms with Gasteiger partial charge in [-0.25, -0.2) is 18.4 Å². The van der Waals surface area contributed by atoms with E-state index in [9.17, 15) is 8.42 Å². The standard InChI is InChI=1S/C15H10N2O4S/c18-22(19,11-5-6-13-14(7-11)21-9-20-13)15-16-8-10-3-1-2-4-12(10)17-15/h1-8H,9H2. The molecule has 0 saturated carbocycles. The molecule has 6 nitrogen and oxygen atoms in total. The van der Waals surface area contributed by atoms with Crippen molar-refractivity contribution in [2.24, 2.45) is 0 Å². The fourth-order valence-corrected chi connectivity index (χ4v) is 3.36. The lowest BCUT2D eigenvalue weighted by molar-refractivity contribution is 0.174. The lowest BCUT2D eigenvalue weighted by Crippen LogP contribution is -2.07. The van der Waals surface area contributed by atoms with Gasteiger partial charge in [-0.05, 0) is 18.2 Å². The number of nitrogens with zero attached hydrogens (tertiary/aromatic N) is 2. The maximum absolute atomic E-state index is 12.7. The van der Waals surface area contributed by atoms with Crippen molar-refractivity contribution in [1.29, 1.82) is 0 Å². The molecule has 0 amide bonds. The van der Waals surface area contributed by atoms with Crippen molar-refractivity contribution in [3.8, 4) is 11.5 Å². The van der Waals surface area contributed by atoms with Crippen LogP contribution in [0.3, 0.4) is 0 Å². The van der Waals surface area contributed by atoms with Gasteiger partial charge in [0.05, 0.1) is 10.4 Å². The first-order valence-electron chi connectivity index (χ1n) is 6.51. The molecular weight excluding hydrogens is 304 g/mol. The molecule has 0 spiro atoms. The zero-order valence-electron chi connectivity index (χ0n) is 11.3. The van der Waals surface area contributed by atoms with Gasteiger partial charge in [0.25, 0.3) is 5.16 Å². The van der Waals surface area contributed by atoms with Crippen LogP contribution < -0.4 is 9.47 Å². The van der Waals surface area contributed by atoms with E-state index in [0.717, 1.165) is 5.39 Å². The summed E-state index contributed by atoms with van der Waals surface area (Å²) in [6, 6.07) is 11.7. The van der Waals surface area contributed by atoms with Gasteiger partial charge >= 0.3 is 0 Å². The number of benzene rings is 2. The second kappa shape index (κ2) is 4.67. The van der Waals surface area contributed by atoms with Crippen LogP contribution in [-0.2, 0) is 9.84 Å². The molecule has 0 fully saturated rings. The van der Waals surface area contributed by atoms with Crippen LogP contribution in [0.5, 0.6) is 11.5 Å². The monoisotopic (exact) mass is 314 g/mol. The first-order valence-corrected chi connectivity index (χ1v) is 7.99. The predicted molar refractivity (Wildman–Crippen MR) is 77.6 cm³/mol. The number of aromatic nitrogens is 2. The maximum Gasteiger partial charge on any atom is 0.252 e. The highest BCUT2D eigenvalue weighted by Crippen LogP contribution is 2.35. The van der Waals surface area contributed by atoms with Gasteiger partial charge in [0.1, 0.15) is 0 Å². The van der Waals surface area contributed by atoms with E-state index < -0.39 is 9.84 Å². The van der Waals surface area contributed by atoms with E-state index in [1.807, 2.05) is 12.1 Å². The van der Waals surface area contributed by atoms with Crippen LogP contribution in [0.4, 0.5) is 0 Å². The molecule has 0 saturated heterocycles. The summed E-state index contributed by atoms with van der Waals surface area (Å²) in [5.41, 5.74) is 0.580. The van der Waals surface area contributed by atoms with Gasteiger partial charge in [0.2, 0.25) is 16.6 Å². The third-order valence-electron chi connectivity index (χ3n) is 3.36. The average molecular weight is 314 g/mol. The quantitative estimate of drug-likeness (QED) is 0.675. The summed E-state index contributed by atoms with van der Waals surface area (Å²) >= 11 is 0. The minimum absolute atomic E-state index is 0.0760. The summed E-state index contributed by atoms with van der Waals surface area (Å²) in [6.45, 7) is 0.0886. The SMILES string of the molecule is O=S(=O)(c1ccc2c(c1)OCO2)c1ncc2ccccc2n1. The number of sulfone groups is 1. The Hall–Kier alpha value is -2.67. The molecule has 0 bridgehead atoms. The van der Waals surface area contributed by atoms with Crippen LogP contribution in [0.15, 0.2) is 58.7 Å².